The lowest BCUT2D eigenvalue weighted by Gasteiger charge is -2.41. The van der Waals surface area contributed by atoms with Gasteiger partial charge in [0.2, 0.25) is 0 Å². The number of nitrogens with zero attached hydrogens (tertiary/aromatic N) is 1. The monoisotopic (exact) mass is 254 g/mol. The molecule has 2 rings (SSSR count). The smallest absolute Gasteiger partial charge is 0.0620 e. The third-order valence-corrected chi connectivity index (χ3v) is 4.62. The molecule has 0 heterocycles. The molecule has 0 aromatic carbocycles. The van der Waals surface area contributed by atoms with Crippen LogP contribution in [0.2, 0.25) is 0 Å². The molecule has 1 atom stereocenters. The van der Waals surface area contributed by atoms with Crippen LogP contribution in [0.3, 0.4) is 0 Å². The van der Waals surface area contributed by atoms with Crippen molar-refractivity contribution in [2.24, 2.45) is 11.7 Å². The van der Waals surface area contributed by atoms with Gasteiger partial charge in [0.25, 0.3) is 0 Å². The lowest BCUT2D eigenvalue weighted by atomic mass is 9.89. The van der Waals surface area contributed by atoms with Crippen LogP contribution in [0.1, 0.15) is 51.9 Å². The third-order valence-electron chi connectivity index (χ3n) is 4.62. The Labute approximate surface area is 112 Å². The van der Waals surface area contributed by atoms with Crippen LogP contribution in [0.4, 0.5) is 0 Å². The Bertz CT molecular complexity index is 235. The second kappa shape index (κ2) is 6.88. The Morgan fingerprint density at radius 3 is 2.33 bits per heavy atom. The largest absolute Gasteiger partial charge is 0.383 e. The van der Waals surface area contributed by atoms with Crippen LogP contribution in [0, 0.1) is 5.92 Å². The summed E-state index contributed by atoms with van der Waals surface area (Å²) in [6, 6.07) is 1.87. The fraction of sp³-hybridized carbons (Fsp3) is 1.00. The molecule has 2 N–H and O–H groups in total. The van der Waals surface area contributed by atoms with Gasteiger partial charge in [0, 0.05) is 25.2 Å². The minimum Gasteiger partial charge on any atom is -0.383 e. The van der Waals surface area contributed by atoms with Gasteiger partial charge < -0.3 is 10.5 Å². The molecule has 0 radical (unpaired) electrons. The highest BCUT2D eigenvalue weighted by Crippen LogP contribution is 2.38. The minimum absolute atomic E-state index is 0.450. The molecule has 2 fully saturated rings. The summed E-state index contributed by atoms with van der Waals surface area (Å²) in [4.78, 5) is 2.76. The molecule has 0 aromatic heterocycles. The van der Waals surface area contributed by atoms with Crippen molar-refractivity contribution < 1.29 is 4.74 Å². The first-order valence-corrected chi connectivity index (χ1v) is 7.76. The second-order valence-electron chi connectivity index (χ2n) is 6.17. The zero-order chi connectivity index (χ0) is 13.0. The molecule has 3 heteroatoms. The highest BCUT2D eigenvalue weighted by Gasteiger charge is 2.38. The molecule has 106 valence electrons. The summed E-state index contributed by atoms with van der Waals surface area (Å²) in [6.45, 7) is 4.43. The molecule has 0 bridgehead atoms. The van der Waals surface area contributed by atoms with Crippen molar-refractivity contribution >= 4 is 0 Å². The van der Waals surface area contributed by atoms with Gasteiger partial charge in [-0.2, -0.15) is 0 Å². The van der Waals surface area contributed by atoms with Crippen LogP contribution in [0.25, 0.3) is 0 Å². The number of rotatable bonds is 7. The normalized spacial score (nSPS) is 30.7. The molecular formula is C15H30N2O. The van der Waals surface area contributed by atoms with Gasteiger partial charge in [-0.1, -0.05) is 6.92 Å². The van der Waals surface area contributed by atoms with E-state index in [-0.39, 0.29) is 0 Å². The predicted molar refractivity (Wildman–Crippen MR) is 75.6 cm³/mol. The van der Waals surface area contributed by atoms with E-state index >= 15 is 0 Å². The number of nitrogens with two attached hydrogens (primary N) is 1. The van der Waals surface area contributed by atoms with E-state index in [1.807, 2.05) is 7.11 Å². The van der Waals surface area contributed by atoms with Gasteiger partial charge >= 0.3 is 0 Å². The van der Waals surface area contributed by atoms with Crippen molar-refractivity contribution in [1.29, 1.82) is 0 Å². The number of methoxy groups -OCH3 is 1. The molecule has 18 heavy (non-hydrogen) atoms. The summed E-state index contributed by atoms with van der Waals surface area (Å²) in [5.41, 5.74) is 6.03. The Hall–Kier alpha value is -0.120. The van der Waals surface area contributed by atoms with Crippen LogP contribution in [-0.4, -0.2) is 43.3 Å². The van der Waals surface area contributed by atoms with Crippen molar-refractivity contribution in [2.75, 3.05) is 20.3 Å². The molecule has 2 aliphatic carbocycles. The Kier molecular flexibility index (Phi) is 5.46. The summed E-state index contributed by atoms with van der Waals surface area (Å²) >= 11 is 0. The first kappa shape index (κ1) is 14.3. The van der Waals surface area contributed by atoms with E-state index in [2.05, 4.69) is 11.8 Å². The zero-order valence-electron chi connectivity index (χ0n) is 12.1. The minimum atomic E-state index is 0.450. The molecule has 0 aliphatic heterocycles. The van der Waals surface area contributed by atoms with Crippen LogP contribution in [-0.2, 0) is 4.74 Å². The van der Waals surface area contributed by atoms with E-state index in [0.717, 1.165) is 18.6 Å². The summed E-state index contributed by atoms with van der Waals surface area (Å²) < 4.78 is 5.48. The molecule has 0 amide bonds. The molecule has 2 aliphatic rings. The highest BCUT2D eigenvalue weighted by molar-refractivity contribution is 4.92. The first-order valence-electron chi connectivity index (χ1n) is 7.76. The van der Waals surface area contributed by atoms with E-state index in [0.29, 0.717) is 12.1 Å². The predicted octanol–water partition coefficient (Wildman–Crippen LogP) is 2.39. The van der Waals surface area contributed by atoms with Crippen LogP contribution >= 0.6 is 0 Å². The molecule has 2 saturated carbocycles. The van der Waals surface area contributed by atoms with Crippen molar-refractivity contribution in [2.45, 2.75) is 70.0 Å². The molecule has 0 spiro atoms. The van der Waals surface area contributed by atoms with Crippen LogP contribution in [0.15, 0.2) is 0 Å². The van der Waals surface area contributed by atoms with E-state index < -0.39 is 0 Å². The quantitative estimate of drug-likeness (QED) is 0.758. The second-order valence-corrected chi connectivity index (χ2v) is 6.17. The molecular weight excluding hydrogens is 224 g/mol. The first-order chi connectivity index (χ1) is 8.76. The van der Waals surface area contributed by atoms with E-state index in [1.54, 1.807) is 0 Å². The van der Waals surface area contributed by atoms with E-state index in [1.165, 1.54) is 51.5 Å². The number of hydrogen-bond acceptors (Lipinski definition) is 3. The van der Waals surface area contributed by atoms with Gasteiger partial charge in [0.15, 0.2) is 0 Å². The van der Waals surface area contributed by atoms with Gasteiger partial charge in [0.1, 0.15) is 0 Å². The van der Waals surface area contributed by atoms with Crippen LogP contribution in [0.5, 0.6) is 0 Å². The van der Waals surface area contributed by atoms with Crippen molar-refractivity contribution in [3.63, 3.8) is 0 Å². The maximum Gasteiger partial charge on any atom is 0.0620 e. The molecule has 0 aromatic rings. The number of ether oxygens (including phenoxy) is 1. The van der Waals surface area contributed by atoms with E-state index in [4.69, 9.17) is 10.5 Å². The third kappa shape index (κ3) is 3.69. The average Bonchev–Trinajstić information content (AvgIpc) is 3.19. The SMILES string of the molecule is CCCN(C1CCC(N)CC1)C(COC)C1CC1. The van der Waals surface area contributed by atoms with Crippen molar-refractivity contribution in [1.82, 2.24) is 4.90 Å². The van der Waals surface area contributed by atoms with E-state index in [9.17, 15) is 0 Å². The highest BCUT2D eigenvalue weighted by atomic mass is 16.5. The topological polar surface area (TPSA) is 38.5 Å². The van der Waals surface area contributed by atoms with Gasteiger partial charge in [0.05, 0.1) is 6.61 Å². The lowest BCUT2D eigenvalue weighted by molar-refractivity contribution is 0.0340. The van der Waals surface area contributed by atoms with Crippen molar-refractivity contribution in [3.8, 4) is 0 Å². The summed E-state index contributed by atoms with van der Waals surface area (Å²) in [7, 11) is 1.84. The standard InChI is InChI=1S/C15H30N2O/c1-3-10-17(14-8-6-13(16)7-9-14)15(11-18-2)12-4-5-12/h12-15H,3-11,16H2,1-2H3. The van der Waals surface area contributed by atoms with Crippen LogP contribution < -0.4 is 5.73 Å². The molecule has 3 nitrogen and oxygen atoms in total. The fourth-order valence-electron chi connectivity index (χ4n) is 3.46. The molecule has 0 saturated heterocycles. The van der Waals surface area contributed by atoms with Gasteiger partial charge in [-0.05, 0) is 57.4 Å². The van der Waals surface area contributed by atoms with Crippen molar-refractivity contribution in [3.05, 3.63) is 0 Å². The summed E-state index contributed by atoms with van der Waals surface area (Å²) in [6.07, 6.45) is 9.03. The van der Waals surface area contributed by atoms with Gasteiger partial charge in [-0.15, -0.1) is 0 Å². The summed E-state index contributed by atoms with van der Waals surface area (Å²) in [5.74, 6) is 0.895. The Morgan fingerprint density at radius 1 is 1.17 bits per heavy atom. The summed E-state index contributed by atoms with van der Waals surface area (Å²) in [5, 5.41) is 0. The fourth-order valence-corrected chi connectivity index (χ4v) is 3.46. The maximum atomic E-state index is 6.03. The number of hydrogen-bond donors (Lipinski definition) is 1. The Morgan fingerprint density at radius 2 is 1.83 bits per heavy atom. The maximum absolute atomic E-state index is 6.03. The average molecular weight is 254 g/mol. The zero-order valence-corrected chi connectivity index (χ0v) is 12.1. The Balaban J connectivity index is 1.96. The lowest BCUT2D eigenvalue weighted by Crippen LogP contribution is -2.49. The van der Waals surface area contributed by atoms with Gasteiger partial charge in [-0.25, -0.2) is 0 Å². The molecule has 1 unspecified atom stereocenters. The van der Waals surface area contributed by atoms with Gasteiger partial charge in [-0.3, -0.25) is 4.90 Å².